The second kappa shape index (κ2) is 3.99. The molecule has 1 saturated heterocycles. The zero-order chi connectivity index (χ0) is 13.8. The summed E-state index contributed by atoms with van der Waals surface area (Å²) in [4.78, 5) is 3.82. The zero-order valence-electron chi connectivity index (χ0n) is 10.1. The highest BCUT2D eigenvalue weighted by Gasteiger charge is 2.68. The number of hydrogen-bond donors (Lipinski definition) is 0. The Bertz CT molecular complexity index is 528. The first-order chi connectivity index (χ1) is 8.85. The van der Waals surface area contributed by atoms with Crippen molar-refractivity contribution < 1.29 is 22.6 Å². The lowest BCUT2D eigenvalue weighted by Gasteiger charge is -2.25. The van der Waals surface area contributed by atoms with Crippen molar-refractivity contribution >= 4 is 11.6 Å². The fourth-order valence-corrected chi connectivity index (χ4v) is 2.51. The highest BCUT2D eigenvalue weighted by Crippen LogP contribution is 2.52. The average Bonchev–Trinajstić information content (AvgIpc) is 3.10. The molecule has 2 atom stereocenters. The first-order valence-electron chi connectivity index (χ1n) is 5.89. The predicted molar refractivity (Wildman–Crippen MR) is 61.5 cm³/mol. The normalized spacial score (nSPS) is 29.6. The summed E-state index contributed by atoms with van der Waals surface area (Å²) >= 11 is 5.94. The van der Waals surface area contributed by atoms with Crippen molar-refractivity contribution in [1.82, 2.24) is 4.98 Å². The number of fused-ring (bicyclic) bond motifs is 1. The lowest BCUT2D eigenvalue weighted by atomic mass is 9.93. The van der Waals surface area contributed by atoms with E-state index in [1.54, 1.807) is 0 Å². The molecule has 19 heavy (non-hydrogen) atoms. The third kappa shape index (κ3) is 1.89. The molecule has 0 aliphatic carbocycles. The molecule has 2 aliphatic heterocycles. The number of nitrogens with zero attached hydrogens (tertiary/aromatic N) is 1. The highest BCUT2D eigenvalue weighted by atomic mass is 35.5. The summed E-state index contributed by atoms with van der Waals surface area (Å²) < 4.78 is 49.0. The van der Waals surface area contributed by atoms with Crippen LogP contribution >= 0.6 is 11.6 Å². The maximum atomic E-state index is 13.0. The van der Waals surface area contributed by atoms with Crippen molar-refractivity contribution in [2.75, 3.05) is 13.2 Å². The van der Waals surface area contributed by atoms with Crippen LogP contribution in [0.15, 0.2) is 6.07 Å². The molecule has 1 aromatic rings. The van der Waals surface area contributed by atoms with Gasteiger partial charge in [-0.15, -0.1) is 0 Å². The molecule has 1 fully saturated rings. The quantitative estimate of drug-likeness (QED) is 0.588. The smallest absolute Gasteiger partial charge is 0.425 e. The Kier molecular flexibility index (Phi) is 2.73. The van der Waals surface area contributed by atoms with E-state index in [1.807, 2.05) is 6.92 Å². The molecule has 104 valence electrons. The number of hydrogen-bond acceptors (Lipinski definition) is 3. The van der Waals surface area contributed by atoms with Gasteiger partial charge >= 0.3 is 6.18 Å². The van der Waals surface area contributed by atoms with Crippen LogP contribution in [-0.2, 0) is 10.3 Å². The van der Waals surface area contributed by atoms with E-state index in [1.165, 1.54) is 6.07 Å². The van der Waals surface area contributed by atoms with Crippen molar-refractivity contribution in [3.63, 3.8) is 0 Å². The highest BCUT2D eigenvalue weighted by molar-refractivity contribution is 6.31. The number of aromatic nitrogens is 1. The molecule has 0 radical (unpaired) electrons. The predicted octanol–water partition coefficient (Wildman–Crippen LogP) is 3.41. The molecule has 3 heterocycles. The monoisotopic (exact) mass is 293 g/mol. The van der Waals surface area contributed by atoms with Gasteiger partial charge in [-0.25, -0.2) is 4.98 Å². The molecule has 0 aromatic carbocycles. The third-order valence-corrected chi connectivity index (χ3v) is 3.85. The van der Waals surface area contributed by atoms with Gasteiger partial charge in [0, 0.05) is 5.56 Å². The largest absolute Gasteiger partial charge is 0.490 e. The van der Waals surface area contributed by atoms with E-state index < -0.39 is 18.4 Å². The van der Waals surface area contributed by atoms with E-state index in [-0.39, 0.29) is 16.8 Å². The summed E-state index contributed by atoms with van der Waals surface area (Å²) in [7, 11) is 0. The maximum absolute atomic E-state index is 13.0. The van der Waals surface area contributed by atoms with E-state index in [4.69, 9.17) is 16.3 Å². The van der Waals surface area contributed by atoms with Crippen LogP contribution in [0.4, 0.5) is 13.2 Å². The Morgan fingerprint density at radius 3 is 2.74 bits per heavy atom. The Morgan fingerprint density at radius 1 is 1.47 bits per heavy atom. The summed E-state index contributed by atoms with van der Waals surface area (Å²) in [5, 5.41) is -0.0295. The van der Waals surface area contributed by atoms with Crippen molar-refractivity contribution in [2.24, 2.45) is 0 Å². The van der Waals surface area contributed by atoms with Gasteiger partial charge in [-0.3, -0.25) is 0 Å². The van der Waals surface area contributed by atoms with E-state index in [0.717, 1.165) is 6.42 Å². The number of halogens is 4. The molecular weight excluding hydrogens is 283 g/mol. The fourth-order valence-electron chi connectivity index (χ4n) is 2.26. The summed E-state index contributed by atoms with van der Waals surface area (Å²) in [5.74, 6) is 0.481. The molecule has 2 unspecified atom stereocenters. The van der Waals surface area contributed by atoms with Gasteiger partial charge in [0.25, 0.3) is 0 Å². The molecule has 0 spiro atoms. The minimum absolute atomic E-state index is 0.0295. The SMILES string of the molecule is CC1CCOc2c1cc(C1(C(F)(F)F)CO1)nc2Cl. The van der Waals surface area contributed by atoms with Crippen LogP contribution in [0.2, 0.25) is 5.15 Å². The van der Waals surface area contributed by atoms with Gasteiger partial charge in [-0.2, -0.15) is 13.2 Å². The number of pyridine rings is 1. The second-order valence-corrected chi connectivity index (χ2v) is 5.23. The molecule has 7 heteroatoms. The minimum Gasteiger partial charge on any atom is -0.490 e. The number of epoxide rings is 1. The summed E-state index contributed by atoms with van der Waals surface area (Å²) in [6.45, 7) is 2.01. The molecule has 1 aromatic heterocycles. The first kappa shape index (κ1) is 13.0. The lowest BCUT2D eigenvalue weighted by molar-refractivity contribution is -0.188. The van der Waals surface area contributed by atoms with Crippen molar-refractivity contribution in [3.8, 4) is 5.75 Å². The van der Waals surface area contributed by atoms with Gasteiger partial charge in [-0.1, -0.05) is 18.5 Å². The minimum atomic E-state index is -4.49. The van der Waals surface area contributed by atoms with E-state index in [2.05, 4.69) is 9.72 Å². The van der Waals surface area contributed by atoms with E-state index >= 15 is 0 Å². The summed E-state index contributed by atoms with van der Waals surface area (Å²) in [5.41, 5.74) is -1.80. The van der Waals surface area contributed by atoms with Gasteiger partial charge in [0.15, 0.2) is 10.9 Å². The number of alkyl halides is 3. The fraction of sp³-hybridized carbons (Fsp3) is 0.583. The van der Waals surface area contributed by atoms with Crippen LogP contribution in [0, 0.1) is 0 Å². The maximum Gasteiger partial charge on any atom is 0.425 e. The van der Waals surface area contributed by atoms with Crippen molar-refractivity contribution in [2.45, 2.75) is 31.0 Å². The molecule has 3 nitrogen and oxygen atoms in total. The molecule has 3 rings (SSSR count). The second-order valence-electron chi connectivity index (χ2n) is 4.87. The molecule has 0 N–H and O–H groups in total. The molecule has 2 aliphatic rings. The Balaban J connectivity index is 2.10. The van der Waals surface area contributed by atoms with Crippen LogP contribution in [0.5, 0.6) is 5.75 Å². The van der Waals surface area contributed by atoms with E-state index in [9.17, 15) is 13.2 Å². The van der Waals surface area contributed by atoms with Gasteiger partial charge in [0.1, 0.15) is 0 Å². The van der Waals surface area contributed by atoms with Crippen LogP contribution in [0.1, 0.15) is 30.5 Å². The number of rotatable bonds is 1. The van der Waals surface area contributed by atoms with Crippen molar-refractivity contribution in [1.29, 1.82) is 0 Å². The van der Waals surface area contributed by atoms with Gasteiger partial charge in [-0.05, 0) is 18.4 Å². The van der Waals surface area contributed by atoms with Gasteiger partial charge in [0.2, 0.25) is 5.60 Å². The lowest BCUT2D eigenvalue weighted by Crippen LogP contribution is -2.31. The van der Waals surface area contributed by atoms with Crippen LogP contribution in [-0.4, -0.2) is 24.4 Å². The first-order valence-corrected chi connectivity index (χ1v) is 6.27. The Hall–Kier alpha value is -1.01. The third-order valence-electron chi connectivity index (χ3n) is 3.59. The average molecular weight is 294 g/mol. The summed E-state index contributed by atoms with van der Waals surface area (Å²) in [6, 6.07) is 1.41. The molecular formula is C12H11ClF3NO2. The topological polar surface area (TPSA) is 34.6 Å². The van der Waals surface area contributed by atoms with Gasteiger partial charge < -0.3 is 9.47 Å². The van der Waals surface area contributed by atoms with Crippen LogP contribution in [0.25, 0.3) is 0 Å². The van der Waals surface area contributed by atoms with Crippen molar-refractivity contribution in [3.05, 3.63) is 22.5 Å². The van der Waals surface area contributed by atoms with Gasteiger partial charge in [0.05, 0.1) is 18.9 Å². The molecule has 0 bridgehead atoms. The van der Waals surface area contributed by atoms with Crippen LogP contribution < -0.4 is 4.74 Å². The van der Waals surface area contributed by atoms with E-state index in [0.29, 0.717) is 17.9 Å². The zero-order valence-corrected chi connectivity index (χ0v) is 10.8. The Labute approximate surface area is 112 Å². The number of ether oxygens (including phenoxy) is 2. The molecule has 0 amide bonds. The summed E-state index contributed by atoms with van der Waals surface area (Å²) in [6.07, 6.45) is -3.75. The van der Waals surface area contributed by atoms with Crippen LogP contribution in [0.3, 0.4) is 0 Å². The Morgan fingerprint density at radius 2 is 2.16 bits per heavy atom. The standard InChI is InChI=1S/C12H11ClF3NO2/c1-6-2-3-18-9-7(6)4-8(17-10(9)13)11(5-19-11)12(14,15)16/h4,6H,2-3,5H2,1H3. The molecule has 0 saturated carbocycles.